The minimum absolute atomic E-state index is 0.0606. The molecule has 1 unspecified atom stereocenters. The lowest BCUT2D eigenvalue weighted by Gasteiger charge is -2.06. The standard InChI is InChI=1S/C14H17ClFN3O/c1-2-4-10(8-17)14-18-12(19-20-14)7-9-5-3-6-11(15)13(9)16/h3,5-6,10H,2,4,7-8,17H2,1H3. The summed E-state index contributed by atoms with van der Waals surface area (Å²) >= 11 is 5.74. The molecule has 0 aliphatic carbocycles. The van der Waals surface area contributed by atoms with Gasteiger partial charge in [0.2, 0.25) is 5.89 Å². The van der Waals surface area contributed by atoms with Crippen LogP contribution in [0, 0.1) is 5.82 Å². The summed E-state index contributed by atoms with van der Waals surface area (Å²) in [5.41, 5.74) is 6.14. The largest absolute Gasteiger partial charge is 0.339 e. The van der Waals surface area contributed by atoms with Gasteiger partial charge in [-0.15, -0.1) is 0 Å². The van der Waals surface area contributed by atoms with Crippen LogP contribution in [0.1, 0.15) is 43.0 Å². The molecule has 0 aliphatic rings. The minimum atomic E-state index is -0.440. The van der Waals surface area contributed by atoms with Crippen LogP contribution >= 0.6 is 11.6 Å². The molecule has 0 radical (unpaired) electrons. The van der Waals surface area contributed by atoms with Crippen molar-refractivity contribution in [1.82, 2.24) is 10.1 Å². The molecule has 0 bridgehead atoms. The normalized spacial score (nSPS) is 12.6. The van der Waals surface area contributed by atoms with Crippen molar-refractivity contribution < 1.29 is 8.91 Å². The van der Waals surface area contributed by atoms with E-state index in [0.29, 0.717) is 23.8 Å². The van der Waals surface area contributed by atoms with Gasteiger partial charge in [0.1, 0.15) is 5.82 Å². The molecular weight excluding hydrogens is 281 g/mol. The topological polar surface area (TPSA) is 64.9 Å². The first kappa shape index (κ1) is 14.9. The first-order valence-corrected chi connectivity index (χ1v) is 6.99. The fourth-order valence-corrected chi connectivity index (χ4v) is 2.25. The Labute approximate surface area is 122 Å². The van der Waals surface area contributed by atoms with Crippen LogP contribution in [0.5, 0.6) is 0 Å². The van der Waals surface area contributed by atoms with Crippen molar-refractivity contribution in [2.24, 2.45) is 5.73 Å². The van der Waals surface area contributed by atoms with E-state index in [1.54, 1.807) is 12.1 Å². The lowest BCUT2D eigenvalue weighted by atomic mass is 10.0. The average molecular weight is 298 g/mol. The Hall–Kier alpha value is -1.46. The highest BCUT2D eigenvalue weighted by Crippen LogP contribution is 2.22. The van der Waals surface area contributed by atoms with Crippen LogP contribution in [-0.4, -0.2) is 16.7 Å². The SMILES string of the molecule is CCCC(CN)c1nc(Cc2cccc(Cl)c2F)no1. The van der Waals surface area contributed by atoms with E-state index in [2.05, 4.69) is 17.1 Å². The van der Waals surface area contributed by atoms with Crippen molar-refractivity contribution in [2.75, 3.05) is 6.54 Å². The highest BCUT2D eigenvalue weighted by atomic mass is 35.5. The van der Waals surface area contributed by atoms with E-state index in [1.807, 2.05) is 0 Å². The number of halogens is 2. The van der Waals surface area contributed by atoms with E-state index < -0.39 is 5.82 Å². The molecule has 1 atom stereocenters. The van der Waals surface area contributed by atoms with Crippen LogP contribution in [0.3, 0.4) is 0 Å². The lowest BCUT2D eigenvalue weighted by molar-refractivity contribution is 0.344. The predicted octanol–water partition coefficient (Wildman–Crippen LogP) is 3.30. The summed E-state index contributed by atoms with van der Waals surface area (Å²) in [5.74, 6) is 0.581. The van der Waals surface area contributed by atoms with Crippen molar-refractivity contribution in [3.05, 3.63) is 46.3 Å². The first-order valence-electron chi connectivity index (χ1n) is 6.61. The van der Waals surface area contributed by atoms with Crippen molar-refractivity contribution in [3.63, 3.8) is 0 Å². The molecule has 2 N–H and O–H groups in total. The third kappa shape index (κ3) is 3.35. The number of aromatic nitrogens is 2. The van der Waals surface area contributed by atoms with E-state index in [4.69, 9.17) is 21.9 Å². The number of rotatable bonds is 6. The molecule has 6 heteroatoms. The Morgan fingerprint density at radius 2 is 2.25 bits per heavy atom. The molecule has 0 amide bonds. The second-order valence-electron chi connectivity index (χ2n) is 4.66. The maximum Gasteiger partial charge on any atom is 0.231 e. The van der Waals surface area contributed by atoms with Crippen LogP contribution in [-0.2, 0) is 6.42 Å². The molecule has 2 rings (SSSR count). The third-order valence-corrected chi connectivity index (χ3v) is 3.43. The number of benzene rings is 1. The maximum atomic E-state index is 13.8. The van der Waals surface area contributed by atoms with Gasteiger partial charge in [0.25, 0.3) is 0 Å². The Kier molecular flexibility index (Phi) is 5.09. The molecule has 0 saturated carbocycles. The summed E-state index contributed by atoms with van der Waals surface area (Å²) in [7, 11) is 0. The van der Waals surface area contributed by atoms with Gasteiger partial charge in [-0.1, -0.05) is 42.2 Å². The molecule has 2 aromatic rings. The van der Waals surface area contributed by atoms with E-state index in [-0.39, 0.29) is 17.4 Å². The summed E-state index contributed by atoms with van der Waals surface area (Å²) in [6.07, 6.45) is 2.13. The minimum Gasteiger partial charge on any atom is -0.339 e. The van der Waals surface area contributed by atoms with Crippen LogP contribution in [0.25, 0.3) is 0 Å². The first-order chi connectivity index (χ1) is 9.65. The van der Waals surface area contributed by atoms with E-state index in [0.717, 1.165) is 12.8 Å². The van der Waals surface area contributed by atoms with E-state index >= 15 is 0 Å². The van der Waals surface area contributed by atoms with Crippen molar-refractivity contribution in [3.8, 4) is 0 Å². The van der Waals surface area contributed by atoms with Crippen LogP contribution < -0.4 is 5.73 Å². The molecule has 0 aliphatic heterocycles. The number of nitrogens with zero attached hydrogens (tertiary/aromatic N) is 2. The zero-order valence-corrected chi connectivity index (χ0v) is 12.0. The molecule has 0 fully saturated rings. The van der Waals surface area contributed by atoms with Crippen molar-refractivity contribution >= 4 is 11.6 Å². The zero-order chi connectivity index (χ0) is 14.5. The quantitative estimate of drug-likeness (QED) is 0.888. The van der Waals surface area contributed by atoms with Gasteiger partial charge < -0.3 is 10.3 Å². The second kappa shape index (κ2) is 6.81. The molecule has 1 heterocycles. The third-order valence-electron chi connectivity index (χ3n) is 3.13. The predicted molar refractivity (Wildman–Crippen MR) is 75.2 cm³/mol. The van der Waals surface area contributed by atoms with E-state index in [1.165, 1.54) is 6.07 Å². The number of hydrogen-bond donors (Lipinski definition) is 1. The van der Waals surface area contributed by atoms with Gasteiger partial charge in [0, 0.05) is 13.0 Å². The zero-order valence-electron chi connectivity index (χ0n) is 11.3. The molecule has 1 aromatic heterocycles. The summed E-state index contributed by atoms with van der Waals surface area (Å²) in [6.45, 7) is 2.53. The van der Waals surface area contributed by atoms with Gasteiger partial charge >= 0.3 is 0 Å². The van der Waals surface area contributed by atoms with Crippen molar-refractivity contribution in [1.29, 1.82) is 0 Å². The van der Waals surface area contributed by atoms with Crippen LogP contribution in [0.15, 0.2) is 22.7 Å². The Morgan fingerprint density at radius 1 is 1.45 bits per heavy atom. The summed E-state index contributed by atoms with van der Waals surface area (Å²) in [6, 6.07) is 4.86. The monoisotopic (exact) mass is 297 g/mol. The van der Waals surface area contributed by atoms with Crippen molar-refractivity contribution in [2.45, 2.75) is 32.1 Å². The molecule has 20 heavy (non-hydrogen) atoms. The van der Waals surface area contributed by atoms with Gasteiger partial charge in [-0.3, -0.25) is 0 Å². The molecule has 4 nitrogen and oxygen atoms in total. The van der Waals surface area contributed by atoms with Gasteiger partial charge in [-0.2, -0.15) is 4.98 Å². The van der Waals surface area contributed by atoms with Gasteiger partial charge in [0.15, 0.2) is 5.82 Å². The Bertz CT molecular complexity index is 573. The average Bonchev–Trinajstić information content (AvgIpc) is 2.89. The van der Waals surface area contributed by atoms with Gasteiger partial charge in [-0.25, -0.2) is 4.39 Å². The smallest absolute Gasteiger partial charge is 0.231 e. The molecular formula is C14H17ClFN3O. The Morgan fingerprint density at radius 3 is 2.95 bits per heavy atom. The molecule has 108 valence electrons. The Balaban J connectivity index is 2.15. The van der Waals surface area contributed by atoms with Gasteiger partial charge in [0.05, 0.1) is 10.9 Å². The lowest BCUT2D eigenvalue weighted by Crippen LogP contribution is -2.12. The van der Waals surface area contributed by atoms with E-state index in [9.17, 15) is 4.39 Å². The van der Waals surface area contributed by atoms with Gasteiger partial charge in [-0.05, 0) is 18.1 Å². The number of nitrogens with two attached hydrogens (primary N) is 1. The maximum absolute atomic E-state index is 13.8. The fourth-order valence-electron chi connectivity index (χ4n) is 2.05. The summed E-state index contributed by atoms with van der Waals surface area (Å²) < 4.78 is 19.0. The highest BCUT2D eigenvalue weighted by molar-refractivity contribution is 6.30. The van der Waals surface area contributed by atoms with Crippen LogP contribution in [0.4, 0.5) is 4.39 Å². The fraction of sp³-hybridized carbons (Fsp3) is 0.429. The van der Waals surface area contributed by atoms with Crippen LogP contribution in [0.2, 0.25) is 5.02 Å². The molecule has 1 aromatic carbocycles. The second-order valence-corrected chi connectivity index (χ2v) is 5.07. The summed E-state index contributed by atoms with van der Waals surface area (Å²) in [5, 5.41) is 3.98. The highest BCUT2D eigenvalue weighted by Gasteiger charge is 2.18. The summed E-state index contributed by atoms with van der Waals surface area (Å²) in [4.78, 5) is 4.30. The number of hydrogen-bond acceptors (Lipinski definition) is 4. The molecule has 0 spiro atoms. The molecule has 0 saturated heterocycles.